The first-order chi connectivity index (χ1) is 14.5. The minimum Gasteiger partial charge on any atom is -0.304 e. The van der Waals surface area contributed by atoms with E-state index in [2.05, 4.69) is 50.4 Å². The topological polar surface area (TPSA) is 45.2 Å². The number of para-hydroxylation sites is 1. The Labute approximate surface area is 184 Å². The third-order valence-electron chi connectivity index (χ3n) is 5.11. The lowest BCUT2D eigenvalue weighted by molar-refractivity contribution is -0.115. The summed E-state index contributed by atoms with van der Waals surface area (Å²) in [5.74, 6) is 0.417. The maximum atomic E-state index is 12.2. The van der Waals surface area contributed by atoms with E-state index in [0.29, 0.717) is 17.6 Å². The highest BCUT2D eigenvalue weighted by Crippen LogP contribution is 2.29. The average Bonchev–Trinajstić information content (AvgIpc) is 3.18. The summed E-state index contributed by atoms with van der Waals surface area (Å²) in [5, 5.41) is 6.40. The summed E-state index contributed by atoms with van der Waals surface area (Å²) in [5.41, 5.74) is 4.48. The first-order valence-electron chi connectivity index (χ1n) is 10.6. The lowest BCUT2D eigenvalue weighted by Gasteiger charge is -2.23. The van der Waals surface area contributed by atoms with Gasteiger partial charge in [-0.2, -0.15) is 0 Å². The molecule has 1 N–H and O–H groups in total. The van der Waals surface area contributed by atoms with Crippen LogP contribution < -0.4 is 10.2 Å². The van der Waals surface area contributed by atoms with Gasteiger partial charge in [0.1, 0.15) is 0 Å². The molecule has 1 atom stereocenters. The largest absolute Gasteiger partial charge is 0.304 e. The second-order valence-electron chi connectivity index (χ2n) is 7.91. The van der Waals surface area contributed by atoms with Crippen molar-refractivity contribution < 1.29 is 4.79 Å². The summed E-state index contributed by atoms with van der Waals surface area (Å²) in [4.78, 5) is 18.6. The molecule has 1 aromatic heterocycles. The van der Waals surface area contributed by atoms with Gasteiger partial charge in [0.25, 0.3) is 0 Å². The molecule has 0 aliphatic heterocycles. The Balaban J connectivity index is 1.71. The number of aryl methyl sites for hydroxylation is 1. The number of benzene rings is 2. The molecule has 1 amide bonds. The minimum atomic E-state index is -0.0396. The summed E-state index contributed by atoms with van der Waals surface area (Å²) in [6.07, 6.45) is 2.29. The number of hydrogen-bond acceptors (Lipinski definition) is 4. The Morgan fingerprint density at radius 1 is 1.10 bits per heavy atom. The molecule has 2 aromatic carbocycles. The van der Waals surface area contributed by atoms with E-state index >= 15 is 0 Å². The van der Waals surface area contributed by atoms with Gasteiger partial charge in [0.05, 0.1) is 11.4 Å². The summed E-state index contributed by atoms with van der Waals surface area (Å²) in [6, 6.07) is 18.9. The van der Waals surface area contributed by atoms with Crippen molar-refractivity contribution >= 4 is 28.1 Å². The lowest BCUT2D eigenvalue weighted by Crippen LogP contribution is -2.26. The molecule has 4 nitrogen and oxygen atoms in total. The maximum absolute atomic E-state index is 12.2. The fourth-order valence-corrected chi connectivity index (χ4v) is 4.50. The van der Waals surface area contributed by atoms with E-state index in [4.69, 9.17) is 4.98 Å². The highest BCUT2D eigenvalue weighted by Gasteiger charge is 2.19. The summed E-state index contributed by atoms with van der Waals surface area (Å²) >= 11 is 1.50. The molecule has 0 aliphatic rings. The van der Waals surface area contributed by atoms with Crippen LogP contribution in [0.5, 0.6) is 0 Å². The van der Waals surface area contributed by atoms with Crippen molar-refractivity contribution in [1.29, 1.82) is 0 Å². The van der Waals surface area contributed by atoms with Gasteiger partial charge in [0, 0.05) is 24.9 Å². The first-order valence-corrected chi connectivity index (χ1v) is 11.5. The van der Waals surface area contributed by atoms with E-state index in [0.717, 1.165) is 24.2 Å². The second-order valence-corrected chi connectivity index (χ2v) is 8.74. The molecule has 3 aromatic rings. The zero-order valence-corrected chi connectivity index (χ0v) is 19.1. The van der Waals surface area contributed by atoms with Crippen molar-refractivity contribution in [2.24, 2.45) is 5.92 Å². The van der Waals surface area contributed by atoms with Crippen molar-refractivity contribution in [3.63, 3.8) is 0 Å². The van der Waals surface area contributed by atoms with Crippen LogP contribution in [-0.4, -0.2) is 10.9 Å². The number of nitrogens with one attached hydrogen (secondary N) is 1. The van der Waals surface area contributed by atoms with E-state index in [9.17, 15) is 4.79 Å². The Morgan fingerprint density at radius 2 is 1.80 bits per heavy atom. The standard InChI is InChI=1S/C25H31N3OS/c1-5-9-20-12-14-21(15-13-20)24(18(2)3)26-16-22-17-30-25(27-22)28(19(4)29)23-10-7-6-8-11-23/h6-8,10-15,17-18,24,26H,5,9,16H2,1-4H3/t24-/m1/s1. The molecule has 0 radical (unpaired) electrons. The molecule has 0 saturated carbocycles. The number of thiazole rings is 1. The zero-order valence-electron chi connectivity index (χ0n) is 18.3. The van der Waals surface area contributed by atoms with Crippen molar-refractivity contribution in [1.82, 2.24) is 10.3 Å². The number of carbonyl (C=O) groups is 1. The van der Waals surface area contributed by atoms with E-state index < -0.39 is 0 Å². The summed E-state index contributed by atoms with van der Waals surface area (Å²) < 4.78 is 0. The van der Waals surface area contributed by atoms with E-state index in [1.165, 1.54) is 22.5 Å². The van der Waals surface area contributed by atoms with Crippen LogP contribution in [0, 0.1) is 5.92 Å². The van der Waals surface area contributed by atoms with E-state index in [-0.39, 0.29) is 11.9 Å². The fourth-order valence-electron chi connectivity index (χ4n) is 3.62. The minimum absolute atomic E-state index is 0.0396. The number of rotatable bonds is 9. The van der Waals surface area contributed by atoms with Gasteiger partial charge in [0.15, 0.2) is 5.13 Å². The van der Waals surface area contributed by atoms with Crippen molar-refractivity contribution in [2.45, 2.75) is 53.1 Å². The Morgan fingerprint density at radius 3 is 2.40 bits per heavy atom. The van der Waals surface area contributed by atoms with E-state index in [1.807, 2.05) is 35.7 Å². The van der Waals surface area contributed by atoms with Crippen LogP contribution in [-0.2, 0) is 17.8 Å². The molecule has 0 fully saturated rings. The maximum Gasteiger partial charge on any atom is 0.230 e. The van der Waals surface area contributed by atoms with Crippen molar-refractivity contribution in [3.8, 4) is 0 Å². The molecule has 0 saturated heterocycles. The van der Waals surface area contributed by atoms with E-state index in [1.54, 1.807) is 11.8 Å². The molecule has 0 aliphatic carbocycles. The quantitative estimate of drug-likeness (QED) is 0.443. The first kappa shape index (κ1) is 22.2. The van der Waals surface area contributed by atoms with Gasteiger partial charge >= 0.3 is 0 Å². The number of aromatic nitrogens is 1. The van der Waals surface area contributed by atoms with Crippen LogP contribution in [0.25, 0.3) is 0 Å². The third-order valence-corrected chi connectivity index (χ3v) is 5.98. The zero-order chi connectivity index (χ0) is 21.5. The van der Waals surface area contributed by atoms with Crippen LogP contribution in [0.3, 0.4) is 0 Å². The monoisotopic (exact) mass is 421 g/mol. The highest BCUT2D eigenvalue weighted by atomic mass is 32.1. The molecule has 0 bridgehead atoms. The van der Waals surface area contributed by atoms with Gasteiger partial charge in [-0.3, -0.25) is 9.69 Å². The molecule has 0 unspecified atom stereocenters. The van der Waals surface area contributed by atoms with Crippen molar-refractivity contribution in [3.05, 3.63) is 76.8 Å². The molecule has 5 heteroatoms. The van der Waals surface area contributed by atoms with Gasteiger partial charge < -0.3 is 5.32 Å². The molecular weight excluding hydrogens is 390 g/mol. The van der Waals surface area contributed by atoms with Crippen LogP contribution in [0.15, 0.2) is 60.0 Å². The van der Waals surface area contributed by atoms with Crippen molar-refractivity contribution in [2.75, 3.05) is 4.90 Å². The fraction of sp³-hybridized carbons (Fsp3) is 0.360. The molecular formula is C25H31N3OS. The number of carbonyl (C=O) groups excluding carboxylic acids is 1. The smallest absolute Gasteiger partial charge is 0.230 e. The number of nitrogens with zero attached hydrogens (tertiary/aromatic N) is 2. The number of amides is 1. The van der Waals surface area contributed by atoms with Crippen LogP contribution in [0.2, 0.25) is 0 Å². The van der Waals surface area contributed by atoms with Crippen LogP contribution in [0.4, 0.5) is 10.8 Å². The SMILES string of the molecule is CCCc1ccc([C@H](NCc2csc(N(C(C)=O)c3ccccc3)n2)C(C)C)cc1. The van der Waals surface area contributed by atoms with Gasteiger partial charge in [-0.25, -0.2) is 4.98 Å². The third kappa shape index (κ3) is 5.55. The Bertz CT molecular complexity index is 935. The van der Waals surface area contributed by atoms with Gasteiger partial charge in [-0.05, 0) is 35.6 Å². The average molecular weight is 422 g/mol. The predicted molar refractivity (Wildman–Crippen MR) is 126 cm³/mol. The molecule has 158 valence electrons. The van der Waals surface area contributed by atoms with Crippen LogP contribution >= 0.6 is 11.3 Å². The summed E-state index contributed by atoms with van der Waals surface area (Å²) in [7, 11) is 0. The van der Waals surface area contributed by atoms with Gasteiger partial charge in [-0.1, -0.05) is 69.7 Å². The number of hydrogen-bond donors (Lipinski definition) is 1. The van der Waals surface area contributed by atoms with Gasteiger partial charge in [0.2, 0.25) is 5.91 Å². The predicted octanol–water partition coefficient (Wildman–Crippen LogP) is 6.27. The lowest BCUT2D eigenvalue weighted by atomic mass is 9.94. The van der Waals surface area contributed by atoms with Crippen LogP contribution in [0.1, 0.15) is 57.0 Å². The Kier molecular flexibility index (Phi) is 7.77. The van der Waals surface area contributed by atoms with Gasteiger partial charge in [-0.15, -0.1) is 11.3 Å². The summed E-state index contributed by atoms with van der Waals surface area (Å²) in [6.45, 7) is 8.91. The second kappa shape index (κ2) is 10.5. The Hall–Kier alpha value is -2.50. The molecule has 0 spiro atoms. The number of anilines is 2. The molecule has 3 rings (SSSR count). The molecule has 1 heterocycles. The normalized spacial score (nSPS) is 12.2. The highest BCUT2D eigenvalue weighted by molar-refractivity contribution is 7.14. The molecule has 30 heavy (non-hydrogen) atoms.